The minimum Gasteiger partial charge on any atom is -0.237 e. The predicted molar refractivity (Wildman–Crippen MR) is 223 cm³/mol. The number of hydrogen-bond acceptors (Lipinski definition) is 4. The van der Waals surface area contributed by atoms with E-state index in [4.69, 9.17) is 9.97 Å². The summed E-state index contributed by atoms with van der Waals surface area (Å²) < 4.78 is 2.45. The minimum atomic E-state index is -2.44. The third-order valence-corrected chi connectivity index (χ3v) is 18.2. The van der Waals surface area contributed by atoms with Crippen molar-refractivity contribution < 1.29 is 0 Å². The quantitative estimate of drug-likeness (QED) is 0.147. The van der Waals surface area contributed by atoms with Gasteiger partial charge >= 0.3 is 0 Å². The zero-order valence-electron chi connectivity index (χ0n) is 28.6. The third kappa shape index (κ3) is 5.44. The molecule has 0 N–H and O–H groups in total. The average Bonchev–Trinajstić information content (AvgIpc) is 3.90. The van der Waals surface area contributed by atoms with Crippen LogP contribution < -0.4 is 0 Å². The molecule has 1 aliphatic heterocycles. The molecule has 246 valence electrons. The van der Waals surface area contributed by atoms with E-state index in [0.717, 1.165) is 33.1 Å². The lowest BCUT2D eigenvalue weighted by atomic mass is 9.91. The van der Waals surface area contributed by atoms with Crippen molar-refractivity contribution in [2.45, 2.75) is 25.9 Å². The van der Waals surface area contributed by atoms with Crippen molar-refractivity contribution in [1.29, 1.82) is 0 Å². The monoisotopic (exact) mass is 708 g/mol. The van der Waals surface area contributed by atoms with Gasteiger partial charge in [0.2, 0.25) is 0 Å². The summed E-state index contributed by atoms with van der Waals surface area (Å²) in [6, 6.07) is 59.1. The number of rotatable bonds is 8. The van der Waals surface area contributed by atoms with E-state index < -0.39 is 8.07 Å². The maximum absolute atomic E-state index is 5.54. The van der Waals surface area contributed by atoms with Gasteiger partial charge in [0.15, 0.2) is 0 Å². The molecule has 0 unspecified atom stereocenters. The Morgan fingerprint density at radius 2 is 0.765 bits per heavy atom. The van der Waals surface area contributed by atoms with E-state index in [1.165, 1.54) is 64.3 Å². The molecule has 5 heteroatoms. The summed E-state index contributed by atoms with van der Waals surface area (Å²) in [5, 5.41) is 5.22. The Morgan fingerprint density at radius 1 is 0.412 bits per heavy atom. The molecule has 9 rings (SSSR count). The fourth-order valence-electron chi connectivity index (χ4n) is 7.91. The molecule has 51 heavy (non-hydrogen) atoms. The predicted octanol–water partition coefficient (Wildman–Crippen LogP) is 13.3. The first-order valence-corrected chi connectivity index (χ1v) is 21.7. The number of aromatic nitrogens is 2. The lowest BCUT2D eigenvalue weighted by Crippen LogP contribution is -2.35. The number of fused-ring (bicyclic) bond motifs is 2. The smallest absolute Gasteiger partial charge is 0.127 e. The molecule has 0 spiro atoms. The van der Waals surface area contributed by atoms with Crippen LogP contribution in [0.1, 0.15) is 35.0 Å². The highest BCUT2D eigenvalue weighted by atomic mass is 32.1. The summed E-state index contributed by atoms with van der Waals surface area (Å²) in [6.45, 7) is 4.82. The Hall–Kier alpha value is -5.20. The number of allylic oxidation sites excluding steroid dienone is 2. The first kappa shape index (κ1) is 31.8. The Labute approximate surface area is 308 Å². The van der Waals surface area contributed by atoms with Gasteiger partial charge in [0, 0.05) is 0 Å². The van der Waals surface area contributed by atoms with Crippen LogP contribution in [0, 0.1) is 0 Å². The Balaban J connectivity index is 1.31. The molecule has 1 aliphatic rings. The van der Waals surface area contributed by atoms with Crippen LogP contribution in [0.15, 0.2) is 158 Å². The second-order valence-corrected chi connectivity index (χ2v) is 19.8. The molecule has 0 saturated heterocycles. The van der Waals surface area contributed by atoms with Gasteiger partial charge in [0.25, 0.3) is 0 Å². The van der Waals surface area contributed by atoms with E-state index in [0.29, 0.717) is 0 Å². The average molecular weight is 709 g/mol. The van der Waals surface area contributed by atoms with Crippen LogP contribution in [0.5, 0.6) is 0 Å². The van der Waals surface area contributed by atoms with Crippen molar-refractivity contribution in [2.75, 3.05) is 0 Å². The molecule has 0 bridgehead atoms. The molecule has 8 aromatic rings. The number of hydrogen-bond donors (Lipinski definition) is 0. The summed E-state index contributed by atoms with van der Waals surface area (Å²) >= 11 is 3.70. The highest BCUT2D eigenvalue weighted by Crippen LogP contribution is 2.59. The van der Waals surface area contributed by atoms with E-state index in [2.05, 4.69) is 172 Å². The van der Waals surface area contributed by atoms with Crippen molar-refractivity contribution >= 4 is 72.7 Å². The van der Waals surface area contributed by atoms with E-state index in [-0.39, 0.29) is 0 Å². The van der Waals surface area contributed by atoms with Gasteiger partial charge in [-0.15, -0.1) is 22.7 Å². The third-order valence-electron chi connectivity index (χ3n) is 10.5. The molecule has 0 fully saturated rings. The molecular formula is C46H36N2S2Si. The van der Waals surface area contributed by atoms with Crippen LogP contribution in [0.25, 0.3) is 64.2 Å². The highest BCUT2D eigenvalue weighted by molar-refractivity contribution is 7.27. The Morgan fingerprint density at radius 3 is 1.12 bits per heavy atom. The summed E-state index contributed by atoms with van der Waals surface area (Å²) in [6.07, 6.45) is 0. The molecule has 6 aromatic carbocycles. The van der Waals surface area contributed by atoms with Gasteiger partial charge < -0.3 is 0 Å². The Bertz CT molecular complexity index is 2400. The molecular weight excluding hydrogens is 673 g/mol. The largest absolute Gasteiger partial charge is 0.237 e. The van der Waals surface area contributed by atoms with Gasteiger partial charge in [0.1, 0.15) is 18.1 Å². The first-order valence-electron chi connectivity index (χ1n) is 17.7. The molecule has 0 aliphatic carbocycles. The summed E-state index contributed by atoms with van der Waals surface area (Å²) in [5.74, 6) is 0. The van der Waals surface area contributed by atoms with Crippen LogP contribution in [0.2, 0.25) is 12.1 Å². The van der Waals surface area contributed by atoms with E-state index in [9.17, 15) is 0 Å². The normalized spacial score (nSPS) is 14.2. The lowest BCUT2D eigenvalue weighted by molar-refractivity contribution is 1.29. The fourth-order valence-corrected chi connectivity index (χ4v) is 15.8. The van der Waals surface area contributed by atoms with Crippen LogP contribution in [-0.4, -0.2) is 18.0 Å². The first-order chi connectivity index (χ1) is 25.2. The van der Waals surface area contributed by atoms with Crippen molar-refractivity contribution in [3.63, 3.8) is 0 Å². The van der Waals surface area contributed by atoms with Crippen LogP contribution >= 0.6 is 22.7 Å². The number of thiazole rings is 2. The summed E-state index contributed by atoms with van der Waals surface area (Å²) in [5.41, 5.74) is 12.1. The standard InChI is InChI=1S/C46H36N2S2Si/c1-3-51(4-2)43(45-47-37-29-35(25-27-39(37)49-45)31-17-9-5-10-18-31)41(33-21-13-7-14-22-33)42(34-23-15-8-16-24-34)44(51)46-48-38-30-36(26-28-40(38)50-46)32-19-11-6-12-20-32/h5-30H,3-4H2,1-2H3. The number of benzene rings is 6. The van der Waals surface area contributed by atoms with Crippen LogP contribution in [0.4, 0.5) is 0 Å². The zero-order valence-corrected chi connectivity index (χ0v) is 31.3. The van der Waals surface area contributed by atoms with Crippen molar-refractivity contribution in [3.05, 3.63) is 179 Å². The molecule has 2 aromatic heterocycles. The molecule has 0 amide bonds. The van der Waals surface area contributed by atoms with Crippen LogP contribution in [-0.2, 0) is 0 Å². The van der Waals surface area contributed by atoms with Gasteiger partial charge in [-0.3, -0.25) is 0 Å². The zero-order chi connectivity index (χ0) is 34.4. The van der Waals surface area contributed by atoms with Gasteiger partial charge in [0.05, 0.1) is 20.4 Å². The SMILES string of the molecule is CC[Si]1(CC)C(c2nc3cc(-c4ccccc4)ccc3s2)=C(c2ccccc2)C(c2ccccc2)=C1c1nc2cc(-c3ccccc3)ccc2s1. The van der Waals surface area contributed by atoms with E-state index >= 15 is 0 Å². The van der Waals surface area contributed by atoms with E-state index in [1.807, 2.05) is 22.7 Å². The molecule has 2 nitrogen and oxygen atoms in total. The van der Waals surface area contributed by atoms with Gasteiger partial charge in [-0.1, -0.05) is 159 Å². The van der Waals surface area contributed by atoms with Crippen molar-refractivity contribution in [2.24, 2.45) is 0 Å². The van der Waals surface area contributed by atoms with Crippen LogP contribution in [0.3, 0.4) is 0 Å². The maximum atomic E-state index is 5.54. The maximum Gasteiger partial charge on any atom is 0.127 e. The van der Waals surface area contributed by atoms with Gasteiger partial charge in [-0.2, -0.15) is 0 Å². The summed E-state index contributed by atoms with van der Waals surface area (Å²) in [4.78, 5) is 11.1. The van der Waals surface area contributed by atoms with Crippen molar-refractivity contribution in [1.82, 2.24) is 9.97 Å². The second-order valence-electron chi connectivity index (χ2n) is 13.2. The minimum absolute atomic E-state index is 1.06. The topological polar surface area (TPSA) is 25.8 Å². The lowest BCUT2D eigenvalue weighted by Gasteiger charge is -2.30. The molecule has 0 radical (unpaired) electrons. The fraction of sp³-hybridized carbons (Fsp3) is 0.0870. The van der Waals surface area contributed by atoms with Gasteiger partial charge in [-0.25, -0.2) is 9.97 Å². The Kier molecular flexibility index (Phi) is 8.20. The van der Waals surface area contributed by atoms with Crippen molar-refractivity contribution in [3.8, 4) is 22.3 Å². The molecule has 3 heterocycles. The highest BCUT2D eigenvalue weighted by Gasteiger charge is 2.50. The van der Waals surface area contributed by atoms with Gasteiger partial charge in [-0.05, 0) is 79.2 Å². The molecule has 0 atom stereocenters. The summed E-state index contributed by atoms with van der Waals surface area (Å²) in [7, 11) is -2.44. The number of nitrogens with zero attached hydrogens (tertiary/aromatic N) is 2. The molecule has 0 saturated carbocycles. The van der Waals surface area contributed by atoms with E-state index in [1.54, 1.807) is 0 Å². The second kappa shape index (κ2) is 13.2.